The third kappa shape index (κ3) is 1.61. The molecular weight excluding hydrogens is 117 g/mol. The van der Waals surface area contributed by atoms with Gasteiger partial charge in [0.1, 0.15) is 0 Å². The summed E-state index contributed by atoms with van der Waals surface area (Å²) in [7, 11) is 0. The number of nitrogens with two attached hydrogens (primary N) is 1. The molecule has 1 aliphatic carbocycles. The molecule has 3 heteroatoms. The van der Waals surface area contributed by atoms with Gasteiger partial charge >= 0.3 is 0 Å². The third-order valence-electron chi connectivity index (χ3n) is 1.18. The van der Waals surface area contributed by atoms with E-state index in [4.69, 9.17) is 5.73 Å². The molecule has 0 heterocycles. The standard InChI is InChI=1S/C4H8FN.ClH/c5-2-3-1-4(3)6;/h3-4H,1-2,6H2;1H/t3-,4+;/m0./s1. The Bertz CT molecular complexity index is 57.7. The zero-order valence-corrected chi connectivity index (χ0v) is 4.75. The minimum absolute atomic E-state index is 0. The summed E-state index contributed by atoms with van der Waals surface area (Å²) in [4.78, 5) is 0. The summed E-state index contributed by atoms with van der Waals surface area (Å²) in [5, 5.41) is 0. The minimum Gasteiger partial charge on any atom is -0.327 e. The first-order chi connectivity index (χ1) is 2.84. The number of hydrogen-bond acceptors (Lipinski definition) is 1. The second-order valence-electron chi connectivity index (χ2n) is 1.81. The molecule has 1 aliphatic rings. The Kier molecular flexibility index (Phi) is 2.54. The minimum atomic E-state index is -0.221. The van der Waals surface area contributed by atoms with Gasteiger partial charge in [0.05, 0.1) is 6.67 Å². The SMILES string of the molecule is Cl.N[C@@H]1C[C@H]1CF. The fourth-order valence-corrected chi connectivity index (χ4v) is 0.448. The van der Waals surface area contributed by atoms with Crippen LogP contribution in [-0.4, -0.2) is 12.7 Å². The zero-order chi connectivity index (χ0) is 4.57. The fourth-order valence-electron chi connectivity index (χ4n) is 0.448. The molecule has 0 unspecified atom stereocenters. The maximum Gasteiger partial charge on any atom is 0.0937 e. The molecule has 0 aromatic rings. The predicted octanol–water partition coefficient (Wildman–Crippen LogP) is 0.725. The van der Waals surface area contributed by atoms with E-state index in [0.717, 1.165) is 6.42 Å². The molecule has 1 nitrogen and oxygen atoms in total. The molecule has 1 saturated carbocycles. The Morgan fingerprint density at radius 2 is 2.14 bits per heavy atom. The highest BCUT2D eigenvalue weighted by atomic mass is 35.5. The van der Waals surface area contributed by atoms with Crippen molar-refractivity contribution in [3.8, 4) is 0 Å². The average molecular weight is 126 g/mol. The van der Waals surface area contributed by atoms with Crippen molar-refractivity contribution in [2.24, 2.45) is 11.7 Å². The molecule has 0 amide bonds. The summed E-state index contributed by atoms with van der Waals surface area (Å²) in [6, 6.07) is 0.190. The Hall–Kier alpha value is 0.180. The maximum atomic E-state index is 11.3. The van der Waals surface area contributed by atoms with Crippen molar-refractivity contribution in [3.05, 3.63) is 0 Å². The highest BCUT2D eigenvalue weighted by Gasteiger charge is 2.32. The van der Waals surface area contributed by atoms with Gasteiger partial charge in [-0.25, -0.2) is 0 Å². The van der Waals surface area contributed by atoms with Crippen molar-refractivity contribution in [1.82, 2.24) is 0 Å². The van der Waals surface area contributed by atoms with Crippen LogP contribution in [0.15, 0.2) is 0 Å². The van der Waals surface area contributed by atoms with E-state index in [1.54, 1.807) is 0 Å². The Morgan fingerprint density at radius 1 is 1.71 bits per heavy atom. The van der Waals surface area contributed by atoms with Crippen LogP contribution in [0.1, 0.15) is 6.42 Å². The molecule has 7 heavy (non-hydrogen) atoms. The maximum absolute atomic E-state index is 11.3. The largest absolute Gasteiger partial charge is 0.327 e. The van der Waals surface area contributed by atoms with E-state index >= 15 is 0 Å². The van der Waals surface area contributed by atoms with E-state index < -0.39 is 0 Å². The number of alkyl halides is 1. The molecule has 0 aliphatic heterocycles. The van der Waals surface area contributed by atoms with Gasteiger partial charge in [0.2, 0.25) is 0 Å². The van der Waals surface area contributed by atoms with Crippen LogP contribution in [0.5, 0.6) is 0 Å². The normalized spacial score (nSPS) is 36.9. The average Bonchev–Trinajstić information content (AvgIpc) is 2.19. The first-order valence-corrected chi connectivity index (χ1v) is 2.16. The lowest BCUT2D eigenvalue weighted by molar-refractivity contribution is 0.452. The Morgan fingerprint density at radius 3 is 2.14 bits per heavy atom. The van der Waals surface area contributed by atoms with Gasteiger partial charge in [0.15, 0.2) is 0 Å². The van der Waals surface area contributed by atoms with Gasteiger partial charge in [-0.3, -0.25) is 4.39 Å². The van der Waals surface area contributed by atoms with Crippen molar-refractivity contribution in [3.63, 3.8) is 0 Å². The van der Waals surface area contributed by atoms with Gasteiger partial charge in [-0.15, -0.1) is 12.4 Å². The zero-order valence-electron chi connectivity index (χ0n) is 3.93. The molecule has 0 bridgehead atoms. The number of halogens is 2. The summed E-state index contributed by atoms with van der Waals surface area (Å²) in [5.74, 6) is 0.213. The molecule has 2 atom stereocenters. The van der Waals surface area contributed by atoms with Crippen molar-refractivity contribution < 1.29 is 4.39 Å². The molecule has 0 spiro atoms. The van der Waals surface area contributed by atoms with E-state index in [1.165, 1.54) is 0 Å². The van der Waals surface area contributed by atoms with Crippen LogP contribution in [0, 0.1) is 5.92 Å². The lowest BCUT2D eigenvalue weighted by atomic mass is 10.5. The predicted molar refractivity (Wildman–Crippen MR) is 29.3 cm³/mol. The molecule has 0 radical (unpaired) electrons. The van der Waals surface area contributed by atoms with E-state index in [2.05, 4.69) is 0 Å². The summed E-state index contributed by atoms with van der Waals surface area (Å²) < 4.78 is 11.3. The van der Waals surface area contributed by atoms with Crippen LogP contribution in [-0.2, 0) is 0 Å². The van der Waals surface area contributed by atoms with Gasteiger partial charge in [-0.05, 0) is 6.42 Å². The first-order valence-electron chi connectivity index (χ1n) is 2.16. The highest BCUT2D eigenvalue weighted by molar-refractivity contribution is 5.85. The number of hydrogen-bond donors (Lipinski definition) is 1. The molecule has 0 aromatic carbocycles. The van der Waals surface area contributed by atoms with Crippen LogP contribution in [0.2, 0.25) is 0 Å². The van der Waals surface area contributed by atoms with E-state index in [9.17, 15) is 4.39 Å². The van der Waals surface area contributed by atoms with Gasteiger partial charge in [0, 0.05) is 12.0 Å². The van der Waals surface area contributed by atoms with Crippen molar-refractivity contribution in [2.45, 2.75) is 12.5 Å². The molecular formula is C4H9ClFN. The molecule has 1 fully saturated rings. The van der Waals surface area contributed by atoms with E-state index in [1.807, 2.05) is 0 Å². The van der Waals surface area contributed by atoms with Gasteiger partial charge in [-0.1, -0.05) is 0 Å². The molecule has 2 N–H and O–H groups in total. The lowest BCUT2D eigenvalue weighted by Gasteiger charge is -1.76. The quantitative estimate of drug-likeness (QED) is 0.549. The molecule has 0 aromatic heterocycles. The van der Waals surface area contributed by atoms with Crippen LogP contribution in [0.3, 0.4) is 0 Å². The van der Waals surface area contributed by atoms with Crippen LogP contribution < -0.4 is 5.73 Å². The molecule has 0 saturated heterocycles. The topological polar surface area (TPSA) is 26.0 Å². The third-order valence-corrected chi connectivity index (χ3v) is 1.18. The van der Waals surface area contributed by atoms with Crippen LogP contribution in [0.25, 0.3) is 0 Å². The summed E-state index contributed by atoms with van der Waals surface area (Å²) in [6.07, 6.45) is 0.899. The Labute approximate surface area is 48.5 Å². The Balaban J connectivity index is 0.000000360. The molecule has 1 rings (SSSR count). The van der Waals surface area contributed by atoms with Crippen molar-refractivity contribution in [1.29, 1.82) is 0 Å². The lowest BCUT2D eigenvalue weighted by Crippen LogP contribution is -2.01. The monoisotopic (exact) mass is 125 g/mol. The van der Waals surface area contributed by atoms with Crippen LogP contribution in [0.4, 0.5) is 4.39 Å². The smallest absolute Gasteiger partial charge is 0.0937 e. The van der Waals surface area contributed by atoms with Gasteiger partial charge in [-0.2, -0.15) is 0 Å². The van der Waals surface area contributed by atoms with Crippen molar-refractivity contribution >= 4 is 12.4 Å². The van der Waals surface area contributed by atoms with E-state index in [-0.39, 0.29) is 31.0 Å². The van der Waals surface area contributed by atoms with Gasteiger partial charge < -0.3 is 5.73 Å². The van der Waals surface area contributed by atoms with E-state index in [0.29, 0.717) is 0 Å². The highest BCUT2D eigenvalue weighted by Crippen LogP contribution is 2.27. The first kappa shape index (κ1) is 7.18. The van der Waals surface area contributed by atoms with Crippen LogP contribution >= 0.6 is 12.4 Å². The summed E-state index contributed by atoms with van der Waals surface area (Å²) >= 11 is 0. The molecule has 44 valence electrons. The van der Waals surface area contributed by atoms with Crippen molar-refractivity contribution in [2.75, 3.05) is 6.67 Å². The fraction of sp³-hybridized carbons (Fsp3) is 1.00. The second-order valence-corrected chi connectivity index (χ2v) is 1.81. The van der Waals surface area contributed by atoms with Gasteiger partial charge in [0.25, 0.3) is 0 Å². The summed E-state index contributed by atoms with van der Waals surface area (Å²) in [5.41, 5.74) is 5.24. The second kappa shape index (κ2) is 2.48. The number of rotatable bonds is 1. The summed E-state index contributed by atoms with van der Waals surface area (Å²) in [6.45, 7) is -0.221.